The second kappa shape index (κ2) is 8.46. The molecule has 1 aliphatic rings. The predicted molar refractivity (Wildman–Crippen MR) is 96.6 cm³/mol. The number of aryl methyl sites for hydroxylation is 1. The Bertz CT molecular complexity index is 697. The molecule has 1 aliphatic heterocycles. The fourth-order valence-electron chi connectivity index (χ4n) is 2.91. The Kier molecular flexibility index (Phi) is 5.82. The van der Waals surface area contributed by atoms with Crippen molar-refractivity contribution < 1.29 is 9.53 Å². The van der Waals surface area contributed by atoms with Crippen LogP contribution in [0, 0.1) is 0 Å². The van der Waals surface area contributed by atoms with Crippen LogP contribution in [-0.4, -0.2) is 36.1 Å². The predicted octanol–water partition coefficient (Wildman–Crippen LogP) is 2.33. The number of benzene rings is 1. The Morgan fingerprint density at radius 1 is 1.20 bits per heavy atom. The number of methoxy groups -OCH3 is 1. The topological polar surface area (TPSA) is 67.3 Å². The highest BCUT2D eigenvalue weighted by Gasteiger charge is 2.14. The molecule has 1 aromatic carbocycles. The van der Waals surface area contributed by atoms with Crippen LogP contribution >= 0.6 is 0 Å². The number of nitrogens with one attached hydrogen (secondary N) is 1. The average Bonchev–Trinajstić information content (AvgIpc) is 3.20. The lowest BCUT2D eigenvalue weighted by Gasteiger charge is -2.16. The molecule has 1 saturated heterocycles. The molecule has 132 valence electrons. The molecule has 2 aromatic rings. The van der Waals surface area contributed by atoms with E-state index in [0.29, 0.717) is 25.2 Å². The lowest BCUT2D eigenvalue weighted by molar-refractivity contribution is -0.121. The number of hydrogen-bond acceptors (Lipinski definition) is 5. The van der Waals surface area contributed by atoms with Crippen molar-refractivity contribution in [1.82, 2.24) is 15.3 Å². The van der Waals surface area contributed by atoms with E-state index in [1.165, 1.54) is 12.8 Å². The van der Waals surface area contributed by atoms with E-state index in [4.69, 9.17) is 4.74 Å². The van der Waals surface area contributed by atoms with Crippen LogP contribution in [0.4, 0.5) is 5.82 Å². The van der Waals surface area contributed by atoms with Crippen molar-refractivity contribution in [1.29, 1.82) is 0 Å². The number of carbonyl (C=O) groups excluding carboxylic acids is 1. The molecule has 0 aliphatic carbocycles. The Morgan fingerprint density at radius 3 is 2.68 bits per heavy atom. The van der Waals surface area contributed by atoms with Crippen molar-refractivity contribution in [3.05, 3.63) is 47.9 Å². The van der Waals surface area contributed by atoms with Crippen LogP contribution in [0.25, 0.3) is 0 Å². The third kappa shape index (κ3) is 4.92. The largest absolute Gasteiger partial charge is 0.497 e. The summed E-state index contributed by atoms with van der Waals surface area (Å²) in [5.41, 5.74) is 1.11. The van der Waals surface area contributed by atoms with Crippen molar-refractivity contribution in [2.45, 2.75) is 32.2 Å². The van der Waals surface area contributed by atoms with Gasteiger partial charge in [0.1, 0.15) is 17.4 Å². The molecule has 25 heavy (non-hydrogen) atoms. The van der Waals surface area contributed by atoms with E-state index < -0.39 is 0 Å². The molecule has 1 N–H and O–H groups in total. The molecular formula is C19H24N4O2. The zero-order valence-corrected chi connectivity index (χ0v) is 14.6. The van der Waals surface area contributed by atoms with E-state index in [9.17, 15) is 4.79 Å². The van der Waals surface area contributed by atoms with E-state index in [1.807, 2.05) is 30.3 Å². The van der Waals surface area contributed by atoms with Crippen LogP contribution in [0.1, 0.15) is 30.7 Å². The maximum Gasteiger partial charge on any atom is 0.220 e. The summed E-state index contributed by atoms with van der Waals surface area (Å²) < 4.78 is 5.13. The number of rotatable bonds is 7. The van der Waals surface area contributed by atoms with Crippen molar-refractivity contribution in [2.24, 2.45) is 0 Å². The maximum atomic E-state index is 12.1. The van der Waals surface area contributed by atoms with E-state index in [1.54, 1.807) is 13.3 Å². The van der Waals surface area contributed by atoms with Crippen LogP contribution in [-0.2, 0) is 17.8 Å². The first kappa shape index (κ1) is 17.2. The smallest absolute Gasteiger partial charge is 0.220 e. The minimum atomic E-state index is 0.00555. The molecule has 0 atom stereocenters. The van der Waals surface area contributed by atoms with E-state index in [2.05, 4.69) is 20.2 Å². The first-order valence-electron chi connectivity index (χ1n) is 8.71. The SMILES string of the molecule is COc1ccc(CCC(=O)NCc2nccc(N3CCCC3)n2)cc1. The first-order chi connectivity index (χ1) is 12.2. The van der Waals surface area contributed by atoms with Gasteiger partial charge in [-0.1, -0.05) is 12.1 Å². The van der Waals surface area contributed by atoms with Gasteiger partial charge in [0.25, 0.3) is 0 Å². The Hall–Kier alpha value is -2.63. The highest BCUT2D eigenvalue weighted by molar-refractivity contribution is 5.76. The lowest BCUT2D eigenvalue weighted by Crippen LogP contribution is -2.25. The number of aromatic nitrogens is 2. The van der Waals surface area contributed by atoms with Crippen LogP contribution in [0.2, 0.25) is 0 Å². The lowest BCUT2D eigenvalue weighted by atomic mass is 10.1. The standard InChI is InChI=1S/C19H24N4O2/c1-25-16-7-4-15(5-8-16)6-9-19(24)21-14-17-20-11-10-18(22-17)23-12-2-3-13-23/h4-5,7-8,10-11H,2-3,6,9,12-14H2,1H3,(H,21,24). The second-order valence-electron chi connectivity index (χ2n) is 6.15. The zero-order valence-electron chi connectivity index (χ0n) is 14.6. The van der Waals surface area contributed by atoms with Crippen molar-refractivity contribution in [3.63, 3.8) is 0 Å². The van der Waals surface area contributed by atoms with Gasteiger partial charge < -0.3 is 15.0 Å². The van der Waals surface area contributed by atoms with Gasteiger partial charge in [-0.2, -0.15) is 0 Å². The van der Waals surface area contributed by atoms with Crippen molar-refractivity contribution in [2.75, 3.05) is 25.1 Å². The molecule has 0 saturated carbocycles. The summed E-state index contributed by atoms with van der Waals surface area (Å²) in [6, 6.07) is 9.71. The van der Waals surface area contributed by atoms with E-state index in [0.717, 1.165) is 30.2 Å². The number of ether oxygens (including phenoxy) is 1. The number of amides is 1. The van der Waals surface area contributed by atoms with Gasteiger partial charge in [-0.3, -0.25) is 4.79 Å². The van der Waals surface area contributed by atoms with Gasteiger partial charge in [0.05, 0.1) is 13.7 Å². The third-order valence-corrected chi connectivity index (χ3v) is 4.36. The van der Waals surface area contributed by atoms with Crippen molar-refractivity contribution >= 4 is 11.7 Å². The number of carbonyl (C=O) groups is 1. The fourth-order valence-corrected chi connectivity index (χ4v) is 2.91. The van der Waals surface area contributed by atoms with Gasteiger partial charge in [-0.05, 0) is 43.0 Å². The van der Waals surface area contributed by atoms with E-state index >= 15 is 0 Å². The maximum absolute atomic E-state index is 12.1. The second-order valence-corrected chi connectivity index (χ2v) is 6.15. The van der Waals surface area contributed by atoms with Crippen molar-refractivity contribution in [3.8, 4) is 5.75 Å². The summed E-state index contributed by atoms with van der Waals surface area (Å²) in [5.74, 6) is 2.44. The molecule has 6 heteroatoms. The van der Waals surface area contributed by atoms with Crippen LogP contribution in [0.5, 0.6) is 5.75 Å². The fraction of sp³-hybridized carbons (Fsp3) is 0.421. The van der Waals surface area contributed by atoms with Crippen LogP contribution in [0.3, 0.4) is 0 Å². The van der Waals surface area contributed by atoms with Crippen LogP contribution in [0.15, 0.2) is 36.5 Å². The highest BCUT2D eigenvalue weighted by Crippen LogP contribution is 2.17. The third-order valence-electron chi connectivity index (χ3n) is 4.36. The molecule has 1 amide bonds. The van der Waals surface area contributed by atoms with Gasteiger partial charge in [0.15, 0.2) is 0 Å². The van der Waals surface area contributed by atoms with Gasteiger partial charge >= 0.3 is 0 Å². The Balaban J connectivity index is 1.46. The average molecular weight is 340 g/mol. The van der Waals surface area contributed by atoms with Crippen LogP contribution < -0.4 is 15.0 Å². The molecule has 0 unspecified atom stereocenters. The molecule has 0 spiro atoms. The molecule has 1 fully saturated rings. The minimum Gasteiger partial charge on any atom is -0.497 e. The Labute approximate surface area is 148 Å². The van der Waals surface area contributed by atoms with E-state index in [-0.39, 0.29) is 5.91 Å². The summed E-state index contributed by atoms with van der Waals surface area (Å²) in [5, 5.41) is 2.90. The summed E-state index contributed by atoms with van der Waals surface area (Å²) >= 11 is 0. The summed E-state index contributed by atoms with van der Waals surface area (Å²) in [4.78, 5) is 23.1. The monoisotopic (exact) mass is 340 g/mol. The Morgan fingerprint density at radius 2 is 1.96 bits per heavy atom. The molecule has 1 aromatic heterocycles. The summed E-state index contributed by atoms with van der Waals surface area (Å²) in [6.07, 6.45) is 5.32. The molecule has 3 rings (SSSR count). The molecule has 0 radical (unpaired) electrons. The van der Waals surface area contributed by atoms with Gasteiger partial charge in [0.2, 0.25) is 5.91 Å². The zero-order chi connectivity index (χ0) is 17.5. The first-order valence-corrected chi connectivity index (χ1v) is 8.71. The molecule has 6 nitrogen and oxygen atoms in total. The summed E-state index contributed by atoms with van der Waals surface area (Å²) in [6.45, 7) is 2.46. The molecule has 2 heterocycles. The normalized spacial score (nSPS) is 13.7. The molecular weight excluding hydrogens is 316 g/mol. The molecule has 0 bridgehead atoms. The number of nitrogens with zero attached hydrogens (tertiary/aromatic N) is 3. The number of anilines is 1. The number of hydrogen-bond donors (Lipinski definition) is 1. The van der Waals surface area contributed by atoms with Gasteiger partial charge in [0, 0.05) is 25.7 Å². The summed E-state index contributed by atoms with van der Waals surface area (Å²) in [7, 11) is 1.64. The van der Waals surface area contributed by atoms with Gasteiger partial charge in [-0.15, -0.1) is 0 Å². The minimum absolute atomic E-state index is 0.00555. The van der Waals surface area contributed by atoms with Gasteiger partial charge in [-0.25, -0.2) is 9.97 Å². The highest BCUT2D eigenvalue weighted by atomic mass is 16.5. The quantitative estimate of drug-likeness (QED) is 0.838.